The van der Waals surface area contributed by atoms with E-state index >= 15 is 0 Å². The summed E-state index contributed by atoms with van der Waals surface area (Å²) in [6, 6.07) is 27.4. The highest BCUT2D eigenvalue weighted by Crippen LogP contribution is 2.38. The zero-order valence-corrected chi connectivity index (χ0v) is 25.1. The molecule has 11 heteroatoms. The Hall–Kier alpha value is -4.27. The van der Waals surface area contributed by atoms with Gasteiger partial charge in [-0.25, -0.2) is 0 Å². The van der Waals surface area contributed by atoms with Crippen molar-refractivity contribution in [2.45, 2.75) is 58.4 Å². The minimum absolute atomic E-state index is 0.347. The second-order valence-corrected chi connectivity index (χ2v) is 11.8. The molecule has 0 saturated carbocycles. The van der Waals surface area contributed by atoms with Crippen molar-refractivity contribution in [1.29, 1.82) is 0 Å². The Labute approximate surface area is 250 Å². The first-order valence-corrected chi connectivity index (χ1v) is 14.9. The Balaban J connectivity index is 1.79. The fraction of sp³-hybridized carbons (Fsp3) is 0.312. The largest absolute Gasteiger partial charge is 0.463 e. The smallest absolute Gasteiger partial charge is 0.303 e. The van der Waals surface area contributed by atoms with E-state index < -0.39 is 62.5 Å². The van der Waals surface area contributed by atoms with Crippen LogP contribution in [0, 0.1) is 0 Å². The maximum atomic E-state index is 12.3. The van der Waals surface area contributed by atoms with Crippen LogP contribution in [0.1, 0.15) is 27.7 Å². The number of benzene rings is 3. The molecule has 0 unspecified atom stereocenters. The summed E-state index contributed by atoms with van der Waals surface area (Å²) in [5, 5.41) is 2.99. The van der Waals surface area contributed by atoms with Crippen molar-refractivity contribution < 1.29 is 47.6 Å². The van der Waals surface area contributed by atoms with Gasteiger partial charge in [0, 0.05) is 33.0 Å². The van der Waals surface area contributed by atoms with Crippen LogP contribution in [0.3, 0.4) is 0 Å². The Bertz CT molecular complexity index is 1370. The summed E-state index contributed by atoms with van der Waals surface area (Å²) in [5.74, 6) is -2.30. The predicted octanol–water partition coefficient (Wildman–Crippen LogP) is 2.91. The fourth-order valence-electron chi connectivity index (χ4n) is 4.73. The van der Waals surface area contributed by atoms with E-state index in [1.165, 1.54) is 27.7 Å². The van der Waals surface area contributed by atoms with Gasteiger partial charge in [-0.1, -0.05) is 78.9 Å². The normalized spacial score (nSPS) is 21.4. The monoisotopic (exact) mass is 608 g/mol. The van der Waals surface area contributed by atoms with Crippen LogP contribution in [0.4, 0.5) is 0 Å². The third-order valence-corrected chi connectivity index (χ3v) is 8.81. The molecular formula is C32H33O10P. The van der Waals surface area contributed by atoms with E-state index in [2.05, 4.69) is 0 Å². The molecule has 4 rings (SSSR count). The summed E-state index contributed by atoms with van der Waals surface area (Å²) in [7, 11) is -1.11. The molecule has 3 aromatic carbocycles. The number of para-hydroxylation sites is 1. The average Bonchev–Trinajstić information content (AvgIpc) is 2.96. The van der Waals surface area contributed by atoms with Gasteiger partial charge in [0.1, 0.15) is 18.5 Å². The summed E-state index contributed by atoms with van der Waals surface area (Å²) < 4.78 is 34.4. The highest BCUT2D eigenvalue weighted by molar-refractivity contribution is 7.80. The van der Waals surface area contributed by atoms with Gasteiger partial charge in [0.25, 0.3) is 0 Å². The Morgan fingerprint density at radius 1 is 0.628 bits per heavy atom. The number of hydrogen-bond donors (Lipinski definition) is 0. The highest BCUT2D eigenvalue weighted by atomic mass is 31.1. The molecular weight excluding hydrogens is 575 g/mol. The second-order valence-electron chi connectivity index (χ2n) is 9.66. The summed E-state index contributed by atoms with van der Waals surface area (Å²) in [5.41, 5.74) is 0. The zero-order chi connectivity index (χ0) is 30.9. The third kappa shape index (κ3) is 8.40. The number of carbonyl (C=O) groups excluding carboxylic acids is 4. The van der Waals surface area contributed by atoms with Crippen LogP contribution in [0.15, 0.2) is 84.9 Å². The molecule has 1 saturated heterocycles. The van der Waals surface area contributed by atoms with E-state index in [1.54, 1.807) is 12.1 Å². The van der Waals surface area contributed by atoms with Gasteiger partial charge in [-0.2, -0.15) is 0 Å². The van der Waals surface area contributed by atoms with E-state index in [9.17, 15) is 19.2 Å². The Morgan fingerprint density at radius 3 is 1.65 bits per heavy atom. The van der Waals surface area contributed by atoms with Crippen LogP contribution in [0.5, 0.6) is 5.75 Å². The van der Waals surface area contributed by atoms with Crippen LogP contribution >= 0.6 is 7.92 Å². The standard InChI is InChI=1S/C32H33O10P/c1-20(33)37-19-27-29(38-21(2)34)30(39-22(3)35)31(40-23(4)36)32(42-27)41-26-17-11-12-18-28(26)43(24-13-7-5-8-14-24)25-15-9-6-10-16-25/h5-18,27,29-32H,19H2,1-4H3/t27-,29-,30+,31-,32-/m1/s1. The molecule has 0 N–H and O–H groups in total. The molecule has 0 aromatic heterocycles. The van der Waals surface area contributed by atoms with E-state index in [0.717, 1.165) is 15.9 Å². The number of esters is 4. The van der Waals surface area contributed by atoms with Crippen molar-refractivity contribution in [3.63, 3.8) is 0 Å². The SMILES string of the molecule is CC(=O)OC[C@H]1O[C@@H](Oc2ccccc2P(c2ccccc2)c2ccccc2)[C@H](OC(C)=O)[C@@H](OC(C)=O)[C@@H]1OC(C)=O. The highest BCUT2D eigenvalue weighted by Gasteiger charge is 2.53. The lowest BCUT2D eigenvalue weighted by molar-refractivity contribution is -0.288. The predicted molar refractivity (Wildman–Crippen MR) is 158 cm³/mol. The molecule has 1 aliphatic heterocycles. The Kier molecular flexibility index (Phi) is 10.9. The molecule has 226 valence electrons. The van der Waals surface area contributed by atoms with Crippen LogP contribution in [0.25, 0.3) is 0 Å². The van der Waals surface area contributed by atoms with Gasteiger partial charge in [-0.05, 0) is 24.6 Å². The quantitative estimate of drug-likeness (QED) is 0.193. The van der Waals surface area contributed by atoms with Crippen molar-refractivity contribution in [2.24, 2.45) is 0 Å². The van der Waals surface area contributed by atoms with E-state index in [-0.39, 0.29) is 6.61 Å². The van der Waals surface area contributed by atoms with Crippen molar-refractivity contribution in [3.8, 4) is 5.75 Å². The molecule has 3 aromatic rings. The van der Waals surface area contributed by atoms with Crippen molar-refractivity contribution in [2.75, 3.05) is 6.61 Å². The van der Waals surface area contributed by atoms with Gasteiger partial charge >= 0.3 is 23.9 Å². The van der Waals surface area contributed by atoms with Gasteiger partial charge in [0.05, 0.1) is 0 Å². The summed E-state index contributed by atoms with van der Waals surface area (Å²) in [4.78, 5) is 48.2. The second kappa shape index (κ2) is 14.8. The van der Waals surface area contributed by atoms with Gasteiger partial charge in [0.2, 0.25) is 12.4 Å². The van der Waals surface area contributed by atoms with Crippen LogP contribution in [-0.2, 0) is 42.9 Å². The number of ether oxygens (including phenoxy) is 6. The first kappa shape index (κ1) is 31.7. The van der Waals surface area contributed by atoms with Gasteiger partial charge in [0.15, 0.2) is 12.2 Å². The first-order valence-electron chi connectivity index (χ1n) is 13.6. The lowest BCUT2D eigenvalue weighted by Crippen LogP contribution is -2.63. The van der Waals surface area contributed by atoms with Crippen molar-refractivity contribution in [3.05, 3.63) is 84.9 Å². The van der Waals surface area contributed by atoms with E-state index in [4.69, 9.17) is 28.4 Å². The molecule has 1 heterocycles. The van der Waals surface area contributed by atoms with Crippen molar-refractivity contribution in [1.82, 2.24) is 0 Å². The molecule has 0 bridgehead atoms. The number of hydrogen-bond acceptors (Lipinski definition) is 10. The topological polar surface area (TPSA) is 124 Å². The summed E-state index contributed by atoms with van der Waals surface area (Å²) >= 11 is 0. The van der Waals surface area contributed by atoms with E-state index in [1.807, 2.05) is 72.8 Å². The summed E-state index contributed by atoms with van der Waals surface area (Å²) in [6.45, 7) is 4.40. The van der Waals surface area contributed by atoms with E-state index in [0.29, 0.717) is 5.75 Å². The molecule has 5 atom stereocenters. The van der Waals surface area contributed by atoms with Gasteiger partial charge < -0.3 is 28.4 Å². The lowest BCUT2D eigenvalue weighted by atomic mass is 9.98. The molecule has 0 amide bonds. The van der Waals surface area contributed by atoms with Crippen LogP contribution in [0.2, 0.25) is 0 Å². The van der Waals surface area contributed by atoms with Gasteiger partial charge in [-0.15, -0.1) is 0 Å². The molecule has 1 fully saturated rings. The third-order valence-electron chi connectivity index (χ3n) is 6.33. The minimum atomic E-state index is -1.34. The number of rotatable bonds is 10. The average molecular weight is 609 g/mol. The summed E-state index contributed by atoms with van der Waals surface area (Å²) in [6.07, 6.45) is -6.41. The maximum Gasteiger partial charge on any atom is 0.303 e. The zero-order valence-electron chi connectivity index (χ0n) is 24.2. The molecule has 10 nitrogen and oxygen atoms in total. The maximum absolute atomic E-state index is 12.3. The van der Waals surface area contributed by atoms with Gasteiger partial charge in [-0.3, -0.25) is 19.2 Å². The Morgan fingerprint density at radius 2 is 1.12 bits per heavy atom. The first-order chi connectivity index (χ1) is 20.6. The molecule has 0 aliphatic carbocycles. The molecule has 0 radical (unpaired) electrons. The molecule has 43 heavy (non-hydrogen) atoms. The van der Waals surface area contributed by atoms with Crippen molar-refractivity contribution >= 4 is 47.7 Å². The molecule has 1 aliphatic rings. The van der Waals surface area contributed by atoms with Crippen LogP contribution in [-0.4, -0.2) is 61.2 Å². The lowest BCUT2D eigenvalue weighted by Gasteiger charge is -2.44. The fourth-order valence-corrected chi connectivity index (χ4v) is 7.11. The number of carbonyl (C=O) groups is 4. The van der Waals surface area contributed by atoms with Crippen LogP contribution < -0.4 is 20.7 Å². The molecule has 0 spiro atoms. The minimum Gasteiger partial charge on any atom is -0.463 e.